The average Bonchev–Trinajstić information content (AvgIpc) is 2.62. The Morgan fingerprint density at radius 2 is 1.83 bits per heavy atom. The molecule has 1 aliphatic heterocycles. The molecule has 0 radical (unpaired) electrons. The van der Waals surface area contributed by atoms with E-state index in [-0.39, 0.29) is 0 Å². The summed E-state index contributed by atoms with van der Waals surface area (Å²) in [7, 11) is 0. The zero-order valence-electron chi connectivity index (χ0n) is 14.1. The fourth-order valence-corrected chi connectivity index (χ4v) is 2.96. The van der Waals surface area contributed by atoms with Crippen LogP contribution in [0.4, 0.5) is 5.82 Å². The number of aromatic nitrogens is 1. The lowest BCUT2D eigenvalue weighted by molar-refractivity contribution is 0.0660. The smallest absolute Gasteiger partial charge is 0.128 e. The Morgan fingerprint density at radius 1 is 1.08 bits per heavy atom. The lowest BCUT2D eigenvalue weighted by atomic mass is 10.2. The number of piperazine rings is 1. The second-order valence-corrected chi connectivity index (χ2v) is 6.21. The Bertz CT molecular complexity index is 628. The van der Waals surface area contributed by atoms with E-state index in [0.717, 1.165) is 43.3 Å². The second kappa shape index (κ2) is 8.13. The Hall–Kier alpha value is -2.11. The molecular weight excluding hydrogens is 302 g/mol. The highest BCUT2D eigenvalue weighted by Gasteiger charge is 2.20. The van der Waals surface area contributed by atoms with Crippen molar-refractivity contribution in [2.75, 3.05) is 44.2 Å². The first kappa shape index (κ1) is 16.7. The number of β-amino-alcohol motifs (C(OH)–C–C–N with tert-alkyl or cyclic N) is 1. The number of nitrogens with zero attached hydrogens (tertiary/aromatic N) is 3. The van der Waals surface area contributed by atoms with Crippen molar-refractivity contribution in [3.05, 3.63) is 54.2 Å². The summed E-state index contributed by atoms with van der Waals surface area (Å²) in [6.45, 7) is 6.70. The number of aryl methyl sites for hydroxylation is 1. The number of rotatable bonds is 6. The number of aliphatic hydroxyl groups excluding tert-OH is 1. The molecule has 0 spiro atoms. The van der Waals surface area contributed by atoms with Crippen LogP contribution in [0.1, 0.15) is 5.56 Å². The predicted molar refractivity (Wildman–Crippen MR) is 95.6 cm³/mol. The lowest BCUT2D eigenvalue weighted by Gasteiger charge is -2.36. The molecule has 1 saturated heterocycles. The van der Waals surface area contributed by atoms with Gasteiger partial charge in [0.05, 0.1) is 0 Å². The molecule has 2 aromatic rings. The molecule has 3 rings (SSSR count). The van der Waals surface area contributed by atoms with Crippen LogP contribution in [0, 0.1) is 6.92 Å². The molecule has 0 aliphatic carbocycles. The molecule has 1 atom stereocenters. The van der Waals surface area contributed by atoms with E-state index in [1.54, 1.807) is 0 Å². The summed E-state index contributed by atoms with van der Waals surface area (Å²) < 4.78 is 5.73. The summed E-state index contributed by atoms with van der Waals surface area (Å²) in [5.74, 6) is 1.87. The molecule has 2 heterocycles. The van der Waals surface area contributed by atoms with Crippen LogP contribution in [0.2, 0.25) is 0 Å². The maximum atomic E-state index is 10.2. The van der Waals surface area contributed by atoms with Gasteiger partial charge in [-0.1, -0.05) is 24.3 Å². The second-order valence-electron chi connectivity index (χ2n) is 6.21. The Kier molecular flexibility index (Phi) is 5.67. The number of ether oxygens (including phenoxy) is 1. The van der Waals surface area contributed by atoms with Crippen LogP contribution in [-0.4, -0.2) is 60.4 Å². The van der Waals surface area contributed by atoms with Crippen LogP contribution < -0.4 is 9.64 Å². The monoisotopic (exact) mass is 327 g/mol. The standard InChI is InChI=1S/C19H25N3O2/c1-16-6-2-3-7-18(16)24-15-17(23)14-21-10-12-22(13-11-21)19-8-4-5-9-20-19/h2-9,17,23H,10-15H2,1H3/t17-/m0/s1. The van der Waals surface area contributed by atoms with Gasteiger partial charge < -0.3 is 14.7 Å². The van der Waals surface area contributed by atoms with Crippen LogP contribution in [0.25, 0.3) is 0 Å². The Labute approximate surface area is 143 Å². The molecule has 24 heavy (non-hydrogen) atoms. The summed E-state index contributed by atoms with van der Waals surface area (Å²) in [5, 5.41) is 10.2. The number of hydrogen-bond acceptors (Lipinski definition) is 5. The van der Waals surface area contributed by atoms with E-state index >= 15 is 0 Å². The van der Waals surface area contributed by atoms with Crippen molar-refractivity contribution >= 4 is 5.82 Å². The molecule has 5 heteroatoms. The van der Waals surface area contributed by atoms with Gasteiger partial charge in [-0.3, -0.25) is 4.90 Å². The minimum absolute atomic E-state index is 0.325. The van der Waals surface area contributed by atoms with E-state index in [4.69, 9.17) is 4.74 Å². The molecule has 1 N–H and O–H groups in total. The minimum Gasteiger partial charge on any atom is -0.491 e. The fourth-order valence-electron chi connectivity index (χ4n) is 2.96. The third kappa shape index (κ3) is 4.46. The van der Waals surface area contributed by atoms with Crippen molar-refractivity contribution in [2.45, 2.75) is 13.0 Å². The molecule has 1 aliphatic rings. The van der Waals surface area contributed by atoms with E-state index in [9.17, 15) is 5.11 Å². The van der Waals surface area contributed by atoms with Crippen molar-refractivity contribution in [1.29, 1.82) is 0 Å². The van der Waals surface area contributed by atoms with Gasteiger partial charge in [0.2, 0.25) is 0 Å². The molecule has 1 aromatic carbocycles. The van der Waals surface area contributed by atoms with Gasteiger partial charge in [0.15, 0.2) is 0 Å². The van der Waals surface area contributed by atoms with Crippen LogP contribution in [0.5, 0.6) is 5.75 Å². The summed E-state index contributed by atoms with van der Waals surface area (Å²) in [6.07, 6.45) is 1.35. The van der Waals surface area contributed by atoms with Gasteiger partial charge in [-0.2, -0.15) is 0 Å². The fraction of sp³-hybridized carbons (Fsp3) is 0.421. The third-order valence-electron chi connectivity index (χ3n) is 4.34. The van der Waals surface area contributed by atoms with Gasteiger partial charge in [-0.25, -0.2) is 4.98 Å². The van der Waals surface area contributed by atoms with Gasteiger partial charge in [-0.15, -0.1) is 0 Å². The van der Waals surface area contributed by atoms with Gasteiger partial charge in [0.25, 0.3) is 0 Å². The number of hydrogen-bond donors (Lipinski definition) is 1. The normalized spacial score (nSPS) is 16.8. The molecule has 5 nitrogen and oxygen atoms in total. The van der Waals surface area contributed by atoms with Crippen molar-refractivity contribution in [3.63, 3.8) is 0 Å². The quantitative estimate of drug-likeness (QED) is 0.879. The minimum atomic E-state index is -0.481. The summed E-state index contributed by atoms with van der Waals surface area (Å²) >= 11 is 0. The molecule has 128 valence electrons. The van der Waals surface area contributed by atoms with Crippen molar-refractivity contribution in [1.82, 2.24) is 9.88 Å². The Morgan fingerprint density at radius 3 is 2.54 bits per heavy atom. The topological polar surface area (TPSA) is 48.8 Å². The average molecular weight is 327 g/mol. The van der Waals surface area contributed by atoms with Crippen molar-refractivity contribution in [2.24, 2.45) is 0 Å². The van der Waals surface area contributed by atoms with Gasteiger partial charge in [-0.05, 0) is 30.7 Å². The van der Waals surface area contributed by atoms with Crippen molar-refractivity contribution in [3.8, 4) is 5.75 Å². The first-order valence-corrected chi connectivity index (χ1v) is 8.47. The third-order valence-corrected chi connectivity index (χ3v) is 4.34. The van der Waals surface area contributed by atoms with Crippen LogP contribution in [0.3, 0.4) is 0 Å². The van der Waals surface area contributed by atoms with Crippen molar-refractivity contribution < 1.29 is 9.84 Å². The van der Waals surface area contributed by atoms with E-state index in [2.05, 4.69) is 14.8 Å². The molecule has 1 fully saturated rings. The van der Waals surface area contributed by atoms with Crippen LogP contribution in [-0.2, 0) is 0 Å². The molecule has 0 amide bonds. The highest BCUT2D eigenvalue weighted by atomic mass is 16.5. The van der Waals surface area contributed by atoms with Gasteiger partial charge in [0.1, 0.15) is 24.3 Å². The largest absolute Gasteiger partial charge is 0.491 e. The first-order chi connectivity index (χ1) is 11.7. The number of benzene rings is 1. The SMILES string of the molecule is Cc1ccccc1OC[C@@H](O)CN1CCN(c2ccccn2)CC1. The van der Waals surface area contributed by atoms with Crippen LogP contribution >= 0.6 is 0 Å². The number of aliphatic hydroxyl groups is 1. The van der Waals surface area contributed by atoms with Gasteiger partial charge in [0, 0.05) is 38.9 Å². The van der Waals surface area contributed by atoms with E-state index in [1.807, 2.05) is 55.6 Å². The molecule has 0 bridgehead atoms. The predicted octanol–water partition coefficient (Wildman–Crippen LogP) is 1.95. The molecule has 0 unspecified atom stereocenters. The molecule has 0 saturated carbocycles. The lowest BCUT2D eigenvalue weighted by Crippen LogP contribution is -2.49. The Balaban J connectivity index is 1.42. The molecular formula is C19H25N3O2. The molecule has 1 aromatic heterocycles. The van der Waals surface area contributed by atoms with Gasteiger partial charge >= 0.3 is 0 Å². The summed E-state index contributed by atoms with van der Waals surface area (Å²) in [6, 6.07) is 13.9. The summed E-state index contributed by atoms with van der Waals surface area (Å²) in [4.78, 5) is 8.97. The number of para-hydroxylation sites is 1. The maximum Gasteiger partial charge on any atom is 0.128 e. The zero-order chi connectivity index (χ0) is 16.8. The van der Waals surface area contributed by atoms with E-state index in [1.165, 1.54) is 0 Å². The zero-order valence-corrected chi connectivity index (χ0v) is 14.1. The number of anilines is 1. The summed E-state index contributed by atoms with van der Waals surface area (Å²) in [5.41, 5.74) is 1.09. The van der Waals surface area contributed by atoms with E-state index < -0.39 is 6.10 Å². The highest BCUT2D eigenvalue weighted by molar-refractivity contribution is 5.38. The first-order valence-electron chi connectivity index (χ1n) is 8.47. The number of pyridine rings is 1. The highest BCUT2D eigenvalue weighted by Crippen LogP contribution is 2.17. The van der Waals surface area contributed by atoms with Crippen LogP contribution in [0.15, 0.2) is 48.7 Å². The van der Waals surface area contributed by atoms with E-state index in [0.29, 0.717) is 13.2 Å². The maximum absolute atomic E-state index is 10.2.